The molecule has 1 aromatic carbocycles. The zero-order valence-corrected chi connectivity index (χ0v) is 12.9. The van der Waals surface area contributed by atoms with E-state index < -0.39 is 11.8 Å². The Hall–Kier alpha value is -1.93. The Labute approximate surface area is 130 Å². The Morgan fingerprint density at radius 3 is 2.67 bits per heavy atom. The first-order chi connectivity index (χ1) is 10.1. The molecule has 1 N–H and O–H groups in total. The number of carbonyl (C=O) groups is 1. The van der Waals surface area contributed by atoms with Crippen LogP contribution in [0, 0.1) is 23.2 Å². The third-order valence-corrected chi connectivity index (χ3v) is 4.19. The Morgan fingerprint density at radius 1 is 1.43 bits per heavy atom. The van der Waals surface area contributed by atoms with E-state index >= 15 is 0 Å². The van der Waals surface area contributed by atoms with Crippen molar-refractivity contribution in [3.8, 4) is 6.07 Å². The molecule has 1 aliphatic heterocycles. The number of carbonyl (C=O) groups excluding carboxylic acids is 1. The highest BCUT2D eigenvalue weighted by Crippen LogP contribution is 2.38. The summed E-state index contributed by atoms with van der Waals surface area (Å²) in [5.41, 5.74) is 0.942. The lowest BCUT2D eigenvalue weighted by Gasteiger charge is -2.39. The van der Waals surface area contributed by atoms with E-state index in [2.05, 4.69) is 11.4 Å². The molecule has 4 unspecified atom stereocenters. The number of hydrogen-bond donors (Lipinski definition) is 1. The van der Waals surface area contributed by atoms with Crippen molar-refractivity contribution in [2.24, 2.45) is 11.8 Å². The summed E-state index contributed by atoms with van der Waals surface area (Å²) < 4.78 is 5.20. The van der Waals surface area contributed by atoms with Crippen molar-refractivity contribution < 1.29 is 9.53 Å². The molecule has 1 heterocycles. The van der Waals surface area contributed by atoms with Crippen molar-refractivity contribution in [2.75, 3.05) is 6.61 Å². The molecule has 110 valence electrons. The number of rotatable bonds is 3. The van der Waals surface area contributed by atoms with Gasteiger partial charge in [-0.25, -0.2) is 0 Å². The first-order valence-electron chi connectivity index (χ1n) is 7.01. The second kappa shape index (κ2) is 6.68. The highest BCUT2D eigenvalue weighted by molar-refractivity contribution is 7.80. The largest absolute Gasteiger partial charge is 0.466 e. The summed E-state index contributed by atoms with van der Waals surface area (Å²) in [4.78, 5) is 12.8. The van der Waals surface area contributed by atoms with Crippen molar-refractivity contribution in [3.05, 3.63) is 35.9 Å². The quantitative estimate of drug-likeness (QED) is 0.686. The maximum atomic E-state index is 12.3. The zero-order chi connectivity index (χ0) is 15.4. The third kappa shape index (κ3) is 3.06. The van der Waals surface area contributed by atoms with Crippen molar-refractivity contribution in [3.63, 3.8) is 0 Å². The first kappa shape index (κ1) is 15.5. The lowest BCUT2D eigenvalue weighted by molar-refractivity contribution is -0.150. The van der Waals surface area contributed by atoms with Gasteiger partial charge >= 0.3 is 5.97 Å². The molecule has 0 radical (unpaired) electrons. The molecule has 0 amide bonds. The molecular weight excluding hydrogens is 284 g/mol. The molecule has 0 spiro atoms. The standard InChI is InChI=1S/C16H18N2O2S/c1-3-20-16(19)13-10(2)18-15(21)12(9-17)14(13)11-7-5-4-6-8-11/h4-8,10,12-14H,3H2,1-2H3,(H,18,21). The predicted octanol–water partition coefficient (Wildman–Crippen LogP) is 2.41. The summed E-state index contributed by atoms with van der Waals surface area (Å²) in [7, 11) is 0. The number of hydrogen-bond acceptors (Lipinski definition) is 4. The van der Waals surface area contributed by atoms with Gasteiger partial charge in [-0.05, 0) is 19.4 Å². The molecule has 1 fully saturated rings. The lowest BCUT2D eigenvalue weighted by Crippen LogP contribution is -2.54. The Morgan fingerprint density at radius 2 is 2.10 bits per heavy atom. The minimum atomic E-state index is -0.520. The number of ether oxygens (including phenoxy) is 1. The molecule has 0 aromatic heterocycles. The molecule has 4 atom stereocenters. The van der Waals surface area contributed by atoms with Crippen LogP contribution in [-0.4, -0.2) is 23.6 Å². The predicted molar refractivity (Wildman–Crippen MR) is 83.6 cm³/mol. The molecule has 21 heavy (non-hydrogen) atoms. The lowest BCUT2D eigenvalue weighted by atomic mass is 9.71. The molecule has 1 aromatic rings. The molecule has 0 bridgehead atoms. The van der Waals surface area contributed by atoms with Crippen LogP contribution in [0.25, 0.3) is 0 Å². The van der Waals surface area contributed by atoms with Crippen LogP contribution >= 0.6 is 12.2 Å². The topological polar surface area (TPSA) is 62.1 Å². The van der Waals surface area contributed by atoms with Crippen molar-refractivity contribution >= 4 is 23.2 Å². The van der Waals surface area contributed by atoms with E-state index in [9.17, 15) is 10.1 Å². The van der Waals surface area contributed by atoms with E-state index in [1.165, 1.54) is 0 Å². The number of esters is 1. The summed E-state index contributed by atoms with van der Waals surface area (Å²) in [5.74, 6) is -1.51. The monoisotopic (exact) mass is 302 g/mol. The maximum absolute atomic E-state index is 12.3. The number of thiocarbonyl (C=S) groups is 1. The van der Waals surface area contributed by atoms with Gasteiger partial charge in [0, 0.05) is 12.0 Å². The maximum Gasteiger partial charge on any atom is 0.311 e. The molecule has 5 heteroatoms. The molecule has 1 aliphatic rings. The van der Waals surface area contributed by atoms with Gasteiger partial charge in [-0.1, -0.05) is 42.5 Å². The second-order valence-corrected chi connectivity index (χ2v) is 5.56. The molecule has 2 rings (SSSR count). The molecule has 0 aliphatic carbocycles. The highest BCUT2D eigenvalue weighted by Gasteiger charge is 2.45. The smallest absolute Gasteiger partial charge is 0.311 e. The van der Waals surface area contributed by atoms with Crippen LogP contribution in [0.5, 0.6) is 0 Å². The molecular formula is C16H18N2O2S. The first-order valence-corrected chi connectivity index (χ1v) is 7.42. The van der Waals surface area contributed by atoms with Gasteiger partial charge in [-0.3, -0.25) is 4.79 Å². The van der Waals surface area contributed by atoms with Gasteiger partial charge in [0.25, 0.3) is 0 Å². The fourth-order valence-corrected chi connectivity index (χ4v) is 3.27. The van der Waals surface area contributed by atoms with E-state index in [1.807, 2.05) is 37.3 Å². The van der Waals surface area contributed by atoms with E-state index in [1.54, 1.807) is 6.92 Å². The summed E-state index contributed by atoms with van der Waals surface area (Å²) in [6.07, 6.45) is 0. The van der Waals surface area contributed by atoms with Crippen LogP contribution in [0.3, 0.4) is 0 Å². The van der Waals surface area contributed by atoms with Crippen molar-refractivity contribution in [1.29, 1.82) is 5.26 Å². The van der Waals surface area contributed by atoms with Gasteiger partial charge < -0.3 is 10.1 Å². The Bertz CT molecular complexity index is 567. The van der Waals surface area contributed by atoms with Crippen LogP contribution in [0.1, 0.15) is 25.3 Å². The van der Waals surface area contributed by atoms with Crippen molar-refractivity contribution in [1.82, 2.24) is 5.32 Å². The zero-order valence-electron chi connectivity index (χ0n) is 12.1. The van der Waals surface area contributed by atoms with Crippen LogP contribution in [0.15, 0.2) is 30.3 Å². The van der Waals surface area contributed by atoms with Crippen LogP contribution in [0.2, 0.25) is 0 Å². The fraction of sp³-hybridized carbons (Fsp3) is 0.438. The van der Waals surface area contributed by atoms with Crippen molar-refractivity contribution in [2.45, 2.75) is 25.8 Å². The van der Waals surface area contributed by atoms with E-state index in [0.717, 1.165) is 5.56 Å². The Kier molecular flexibility index (Phi) is 4.92. The molecule has 4 nitrogen and oxygen atoms in total. The SMILES string of the molecule is CCOC(=O)C1C(C)NC(=S)C(C#N)C1c1ccccc1. The van der Waals surface area contributed by atoms with Gasteiger partial charge in [0.15, 0.2) is 0 Å². The summed E-state index contributed by atoms with van der Waals surface area (Å²) in [6, 6.07) is 11.7. The molecule has 0 saturated carbocycles. The van der Waals surface area contributed by atoms with E-state index in [-0.39, 0.29) is 17.9 Å². The Balaban J connectivity index is 2.46. The summed E-state index contributed by atoms with van der Waals surface area (Å²) in [6.45, 7) is 4.01. The third-order valence-electron chi connectivity index (χ3n) is 3.82. The van der Waals surface area contributed by atoms with Gasteiger partial charge in [0.05, 0.1) is 23.6 Å². The summed E-state index contributed by atoms with van der Waals surface area (Å²) in [5, 5.41) is 12.6. The number of nitriles is 1. The summed E-state index contributed by atoms with van der Waals surface area (Å²) >= 11 is 5.30. The van der Waals surface area contributed by atoms with E-state index in [4.69, 9.17) is 17.0 Å². The van der Waals surface area contributed by atoms with Crippen LogP contribution < -0.4 is 5.32 Å². The minimum Gasteiger partial charge on any atom is -0.466 e. The number of nitrogens with one attached hydrogen (secondary N) is 1. The van der Waals surface area contributed by atoms with Crippen LogP contribution in [0.4, 0.5) is 0 Å². The normalized spacial score (nSPS) is 28.3. The van der Waals surface area contributed by atoms with Gasteiger partial charge in [-0.2, -0.15) is 5.26 Å². The fourth-order valence-electron chi connectivity index (χ4n) is 2.89. The second-order valence-electron chi connectivity index (χ2n) is 5.12. The van der Waals surface area contributed by atoms with Gasteiger partial charge in [0.1, 0.15) is 5.92 Å². The highest BCUT2D eigenvalue weighted by atomic mass is 32.1. The van der Waals surface area contributed by atoms with Crippen LogP contribution in [-0.2, 0) is 9.53 Å². The minimum absolute atomic E-state index is 0.161. The number of nitrogens with zero attached hydrogens (tertiary/aromatic N) is 1. The average Bonchev–Trinajstić information content (AvgIpc) is 2.47. The van der Waals surface area contributed by atoms with Gasteiger partial charge in [-0.15, -0.1) is 0 Å². The average molecular weight is 302 g/mol. The number of benzene rings is 1. The molecule has 1 saturated heterocycles. The van der Waals surface area contributed by atoms with Gasteiger partial charge in [0.2, 0.25) is 0 Å². The van der Waals surface area contributed by atoms with E-state index in [0.29, 0.717) is 11.6 Å². The number of piperidine rings is 1.